The van der Waals surface area contributed by atoms with Crippen molar-refractivity contribution < 1.29 is 8.78 Å². The van der Waals surface area contributed by atoms with E-state index in [9.17, 15) is 8.78 Å². The second-order valence-electron chi connectivity index (χ2n) is 4.26. The molecule has 0 aliphatic heterocycles. The van der Waals surface area contributed by atoms with Crippen LogP contribution >= 0.6 is 0 Å². The highest BCUT2D eigenvalue weighted by atomic mass is 19.1. The van der Waals surface area contributed by atoms with Gasteiger partial charge in [0.05, 0.1) is 5.69 Å². The molecule has 3 heteroatoms. The summed E-state index contributed by atoms with van der Waals surface area (Å²) in [5.74, 6) is -0.644. The van der Waals surface area contributed by atoms with Gasteiger partial charge >= 0.3 is 0 Å². The Balaban J connectivity index is 2.44. The van der Waals surface area contributed by atoms with Crippen molar-refractivity contribution in [2.24, 2.45) is 0 Å². The normalized spacial score (nSPS) is 10.9. The quantitative estimate of drug-likeness (QED) is 0.759. The number of halogens is 2. The van der Waals surface area contributed by atoms with Crippen LogP contribution in [0.4, 0.5) is 8.78 Å². The average molecular weight is 233 g/mol. The number of hydrogen-bond donors (Lipinski definition) is 0. The van der Waals surface area contributed by atoms with Crippen LogP contribution in [0.2, 0.25) is 0 Å². The van der Waals surface area contributed by atoms with Gasteiger partial charge in [-0.3, -0.25) is 4.98 Å². The summed E-state index contributed by atoms with van der Waals surface area (Å²) in [5.41, 5.74) is 1.66. The first-order valence-electron chi connectivity index (χ1n) is 5.49. The van der Waals surface area contributed by atoms with Gasteiger partial charge in [-0.2, -0.15) is 0 Å². The minimum atomic E-state index is -0.346. The van der Waals surface area contributed by atoms with Gasteiger partial charge in [-0.25, -0.2) is 8.78 Å². The summed E-state index contributed by atoms with van der Waals surface area (Å²) in [5, 5.41) is 0. The van der Waals surface area contributed by atoms with Crippen molar-refractivity contribution in [3.8, 4) is 11.1 Å². The predicted molar refractivity (Wildman–Crippen MR) is 63.7 cm³/mol. The van der Waals surface area contributed by atoms with Gasteiger partial charge in [0, 0.05) is 11.8 Å². The molecule has 0 saturated carbocycles. The number of hydrogen-bond acceptors (Lipinski definition) is 1. The van der Waals surface area contributed by atoms with Gasteiger partial charge in [0.2, 0.25) is 0 Å². The third-order valence-corrected chi connectivity index (χ3v) is 2.57. The maximum Gasteiger partial charge on any atom is 0.145 e. The molecule has 17 heavy (non-hydrogen) atoms. The molecule has 0 amide bonds. The summed E-state index contributed by atoms with van der Waals surface area (Å²) in [6.07, 6.45) is 1.58. The minimum absolute atomic E-state index is 0.0385. The summed E-state index contributed by atoms with van der Waals surface area (Å²) in [7, 11) is 0. The van der Waals surface area contributed by atoms with Crippen molar-refractivity contribution in [1.29, 1.82) is 0 Å². The Labute approximate surface area is 99.1 Å². The van der Waals surface area contributed by atoms with Crippen LogP contribution in [-0.2, 0) is 0 Å². The molecule has 0 spiro atoms. The monoisotopic (exact) mass is 233 g/mol. The number of nitrogens with zero attached hydrogens (tertiary/aromatic N) is 1. The smallest absolute Gasteiger partial charge is 0.145 e. The molecule has 0 atom stereocenters. The molecule has 1 aromatic carbocycles. The van der Waals surface area contributed by atoms with Crippen molar-refractivity contribution in [2.45, 2.75) is 19.8 Å². The Hall–Kier alpha value is -1.77. The van der Waals surface area contributed by atoms with Crippen LogP contribution in [0, 0.1) is 11.6 Å². The Kier molecular flexibility index (Phi) is 3.18. The van der Waals surface area contributed by atoms with Crippen molar-refractivity contribution in [3.63, 3.8) is 0 Å². The average Bonchev–Trinajstić information content (AvgIpc) is 2.28. The topological polar surface area (TPSA) is 12.9 Å². The van der Waals surface area contributed by atoms with Gasteiger partial charge in [-0.05, 0) is 29.7 Å². The van der Waals surface area contributed by atoms with E-state index in [1.807, 2.05) is 13.8 Å². The summed E-state index contributed by atoms with van der Waals surface area (Å²) < 4.78 is 26.8. The van der Waals surface area contributed by atoms with Crippen LogP contribution in [0.5, 0.6) is 0 Å². The zero-order valence-corrected chi connectivity index (χ0v) is 9.74. The first-order valence-corrected chi connectivity index (χ1v) is 5.49. The molecule has 0 bridgehead atoms. The first-order chi connectivity index (χ1) is 8.08. The van der Waals surface area contributed by atoms with Crippen molar-refractivity contribution in [3.05, 3.63) is 53.9 Å². The lowest BCUT2D eigenvalue weighted by atomic mass is 10.0. The number of benzene rings is 1. The second-order valence-corrected chi connectivity index (χ2v) is 4.26. The molecule has 0 N–H and O–H groups in total. The SMILES string of the molecule is CC(C)c1ncc(-c2cccc(F)c2)cc1F. The summed E-state index contributed by atoms with van der Waals surface area (Å²) >= 11 is 0. The Morgan fingerprint density at radius 2 is 1.82 bits per heavy atom. The van der Waals surface area contributed by atoms with E-state index in [-0.39, 0.29) is 17.6 Å². The number of aromatic nitrogens is 1. The van der Waals surface area contributed by atoms with Crippen molar-refractivity contribution in [1.82, 2.24) is 4.98 Å². The molecule has 0 aliphatic rings. The highest BCUT2D eigenvalue weighted by molar-refractivity contribution is 5.62. The van der Waals surface area contributed by atoms with Crippen LogP contribution in [-0.4, -0.2) is 4.98 Å². The van der Waals surface area contributed by atoms with E-state index in [4.69, 9.17) is 0 Å². The van der Waals surface area contributed by atoms with E-state index in [1.54, 1.807) is 18.3 Å². The Morgan fingerprint density at radius 1 is 1.06 bits per heavy atom. The van der Waals surface area contributed by atoms with Crippen LogP contribution in [0.1, 0.15) is 25.5 Å². The number of pyridine rings is 1. The lowest BCUT2D eigenvalue weighted by Gasteiger charge is -2.08. The summed E-state index contributed by atoms with van der Waals surface area (Å²) in [4.78, 5) is 4.09. The molecule has 2 rings (SSSR count). The molecule has 0 aliphatic carbocycles. The maximum atomic E-state index is 13.7. The molecule has 88 valence electrons. The Bertz CT molecular complexity index is 535. The van der Waals surface area contributed by atoms with Crippen molar-refractivity contribution in [2.75, 3.05) is 0 Å². The van der Waals surface area contributed by atoms with Crippen molar-refractivity contribution >= 4 is 0 Å². The van der Waals surface area contributed by atoms with E-state index < -0.39 is 0 Å². The maximum absolute atomic E-state index is 13.7. The third-order valence-electron chi connectivity index (χ3n) is 2.57. The fraction of sp³-hybridized carbons (Fsp3) is 0.214. The van der Waals surface area contributed by atoms with Crippen LogP contribution < -0.4 is 0 Å². The predicted octanol–water partition coefficient (Wildman–Crippen LogP) is 4.15. The van der Waals surface area contributed by atoms with Crippen LogP contribution in [0.25, 0.3) is 11.1 Å². The fourth-order valence-electron chi connectivity index (χ4n) is 1.70. The molecular weight excluding hydrogens is 220 g/mol. The summed E-state index contributed by atoms with van der Waals surface area (Å²) in [6.45, 7) is 3.76. The van der Waals surface area contributed by atoms with E-state index in [0.717, 1.165) is 0 Å². The second kappa shape index (κ2) is 4.62. The van der Waals surface area contributed by atoms with Crippen LogP contribution in [0.3, 0.4) is 0 Å². The molecule has 1 nitrogen and oxygen atoms in total. The highest BCUT2D eigenvalue weighted by Crippen LogP contribution is 2.23. The molecule has 2 aromatic rings. The molecule has 1 heterocycles. The van der Waals surface area contributed by atoms with E-state index in [0.29, 0.717) is 16.8 Å². The fourth-order valence-corrected chi connectivity index (χ4v) is 1.70. The lowest BCUT2D eigenvalue weighted by molar-refractivity contribution is 0.585. The Morgan fingerprint density at radius 3 is 2.41 bits per heavy atom. The van der Waals surface area contributed by atoms with E-state index in [2.05, 4.69) is 4.98 Å². The van der Waals surface area contributed by atoms with Gasteiger partial charge < -0.3 is 0 Å². The van der Waals surface area contributed by atoms with Gasteiger partial charge in [0.1, 0.15) is 11.6 Å². The van der Waals surface area contributed by atoms with Gasteiger partial charge in [-0.1, -0.05) is 26.0 Å². The van der Waals surface area contributed by atoms with E-state index in [1.165, 1.54) is 18.2 Å². The van der Waals surface area contributed by atoms with Gasteiger partial charge in [-0.15, -0.1) is 0 Å². The van der Waals surface area contributed by atoms with Crippen LogP contribution in [0.15, 0.2) is 36.5 Å². The van der Waals surface area contributed by atoms with Gasteiger partial charge in [0.25, 0.3) is 0 Å². The molecule has 0 fully saturated rings. The van der Waals surface area contributed by atoms with Gasteiger partial charge in [0.15, 0.2) is 0 Å². The molecule has 0 saturated heterocycles. The minimum Gasteiger partial charge on any atom is -0.257 e. The third kappa shape index (κ3) is 2.49. The summed E-state index contributed by atoms with van der Waals surface area (Å²) in [6, 6.07) is 7.45. The largest absolute Gasteiger partial charge is 0.257 e. The standard InChI is InChI=1S/C14H13F2N/c1-9(2)14-13(16)7-11(8-17-14)10-4-3-5-12(15)6-10/h3-9H,1-2H3. The molecule has 0 unspecified atom stereocenters. The van der Waals surface area contributed by atoms with E-state index >= 15 is 0 Å². The molecule has 1 aromatic heterocycles. The number of rotatable bonds is 2. The highest BCUT2D eigenvalue weighted by Gasteiger charge is 2.10. The lowest BCUT2D eigenvalue weighted by Crippen LogP contribution is -1.97. The molecular formula is C14H13F2N. The zero-order chi connectivity index (χ0) is 12.4. The zero-order valence-electron chi connectivity index (χ0n) is 9.74. The molecule has 0 radical (unpaired) electrons. The first kappa shape index (κ1) is 11.7.